The van der Waals surface area contributed by atoms with E-state index in [2.05, 4.69) is 67.6 Å². The molecule has 2 aromatic heterocycles. The fraction of sp³-hybridized carbons (Fsp3) is 0.333. The maximum atomic E-state index is 6.16. The summed E-state index contributed by atoms with van der Waals surface area (Å²) in [6.07, 6.45) is 12.2. The Hall–Kier alpha value is -2.58. The molecule has 0 aliphatic rings. The molecule has 0 saturated carbocycles. The molecule has 0 atom stereocenters. The highest BCUT2D eigenvalue weighted by atomic mass is 32.1. The molecule has 0 bridgehead atoms. The Labute approximate surface area is 195 Å². The molecule has 0 saturated heterocycles. The predicted octanol–water partition coefficient (Wildman–Crippen LogP) is 10.2. The molecule has 164 valence electrons. The van der Waals surface area contributed by atoms with E-state index in [9.17, 15) is 0 Å². The van der Waals surface area contributed by atoms with Gasteiger partial charge < -0.3 is 4.42 Å². The maximum Gasteiger partial charge on any atom is 0.154 e. The van der Waals surface area contributed by atoms with Crippen LogP contribution in [0, 0.1) is 0 Å². The first-order chi connectivity index (χ1) is 15.8. The van der Waals surface area contributed by atoms with E-state index in [1.54, 1.807) is 0 Å². The van der Waals surface area contributed by atoms with Gasteiger partial charge in [-0.1, -0.05) is 94.3 Å². The zero-order valence-corrected chi connectivity index (χ0v) is 19.8. The van der Waals surface area contributed by atoms with Gasteiger partial charge in [-0.2, -0.15) is 0 Å². The van der Waals surface area contributed by atoms with E-state index in [-0.39, 0.29) is 0 Å². The quantitative estimate of drug-likeness (QED) is 0.197. The Balaban J connectivity index is 1.23. The van der Waals surface area contributed by atoms with E-state index in [0.717, 1.165) is 11.2 Å². The van der Waals surface area contributed by atoms with Crippen molar-refractivity contribution in [1.29, 1.82) is 0 Å². The number of aryl methyl sites for hydroxylation is 1. The van der Waals surface area contributed by atoms with Gasteiger partial charge in [0.25, 0.3) is 0 Å². The zero-order chi connectivity index (χ0) is 21.8. The molecule has 2 heteroatoms. The average molecular weight is 441 g/mol. The van der Waals surface area contributed by atoms with Gasteiger partial charge in [0.05, 0.1) is 4.70 Å². The molecule has 0 N–H and O–H groups in total. The predicted molar refractivity (Wildman–Crippen MR) is 141 cm³/mol. The monoisotopic (exact) mass is 440 g/mol. The van der Waals surface area contributed by atoms with Crippen LogP contribution in [0.5, 0.6) is 0 Å². The maximum absolute atomic E-state index is 6.16. The number of hydrogen-bond donors (Lipinski definition) is 0. The standard InChI is InChI=1S/C30H32OS/c1-2-3-4-5-6-7-8-9-12-22-15-17-23(18-16-22)24-19-20-26-28(21-24)32-30-25-13-10-11-14-27(25)31-29(26)30/h10-11,13-21H,2-9,12H2,1H3. The average Bonchev–Trinajstić information content (AvgIpc) is 3.37. The van der Waals surface area contributed by atoms with Gasteiger partial charge in [-0.25, -0.2) is 0 Å². The van der Waals surface area contributed by atoms with Crippen LogP contribution >= 0.6 is 11.3 Å². The van der Waals surface area contributed by atoms with Gasteiger partial charge in [-0.3, -0.25) is 0 Å². The number of furan rings is 1. The van der Waals surface area contributed by atoms with Crippen molar-refractivity contribution < 1.29 is 4.42 Å². The van der Waals surface area contributed by atoms with Crippen molar-refractivity contribution in [3.63, 3.8) is 0 Å². The molecular weight excluding hydrogens is 408 g/mol. The zero-order valence-electron chi connectivity index (χ0n) is 19.0. The summed E-state index contributed by atoms with van der Waals surface area (Å²) >= 11 is 1.84. The minimum Gasteiger partial charge on any atom is -0.454 e. The van der Waals surface area contributed by atoms with Gasteiger partial charge in [0, 0.05) is 15.5 Å². The molecule has 2 heterocycles. The van der Waals surface area contributed by atoms with Crippen LogP contribution in [0.15, 0.2) is 71.1 Å². The van der Waals surface area contributed by atoms with Gasteiger partial charge in [0.1, 0.15) is 5.58 Å². The van der Waals surface area contributed by atoms with E-state index in [4.69, 9.17) is 4.42 Å². The van der Waals surface area contributed by atoms with Crippen LogP contribution in [-0.2, 0) is 6.42 Å². The Bertz CT molecular complexity index is 1310. The Morgan fingerprint density at radius 1 is 0.688 bits per heavy atom. The van der Waals surface area contributed by atoms with Crippen molar-refractivity contribution in [2.45, 2.75) is 64.7 Å². The fourth-order valence-electron chi connectivity index (χ4n) is 4.71. The van der Waals surface area contributed by atoms with Crippen LogP contribution in [0.25, 0.3) is 42.5 Å². The van der Waals surface area contributed by atoms with Crippen LogP contribution in [0.2, 0.25) is 0 Å². The van der Waals surface area contributed by atoms with Gasteiger partial charge >= 0.3 is 0 Å². The SMILES string of the molecule is CCCCCCCCCCc1ccc(-c2ccc3c(c2)sc2c4ccccc4oc32)cc1. The topological polar surface area (TPSA) is 13.1 Å². The van der Waals surface area contributed by atoms with E-state index in [0.29, 0.717) is 0 Å². The first kappa shape index (κ1) is 21.3. The first-order valence-electron chi connectivity index (χ1n) is 12.3. The summed E-state index contributed by atoms with van der Waals surface area (Å²) < 4.78 is 8.71. The van der Waals surface area contributed by atoms with Crippen molar-refractivity contribution in [3.8, 4) is 11.1 Å². The molecule has 3 aromatic carbocycles. The van der Waals surface area contributed by atoms with Crippen molar-refractivity contribution in [2.75, 3.05) is 0 Å². The second kappa shape index (κ2) is 9.92. The molecule has 5 rings (SSSR count). The lowest BCUT2D eigenvalue weighted by atomic mass is 10.00. The third kappa shape index (κ3) is 4.47. The summed E-state index contributed by atoms with van der Waals surface area (Å²) in [6, 6.07) is 24.3. The molecule has 5 aromatic rings. The summed E-state index contributed by atoms with van der Waals surface area (Å²) in [6.45, 7) is 2.28. The molecule has 0 unspecified atom stereocenters. The molecular formula is C30H32OS. The number of unbranched alkanes of at least 4 members (excludes halogenated alkanes) is 7. The summed E-state index contributed by atoms with van der Waals surface area (Å²) in [7, 11) is 0. The van der Waals surface area contributed by atoms with E-state index >= 15 is 0 Å². The lowest BCUT2D eigenvalue weighted by Crippen LogP contribution is -1.87. The smallest absolute Gasteiger partial charge is 0.154 e. The van der Waals surface area contributed by atoms with Crippen molar-refractivity contribution in [3.05, 3.63) is 72.3 Å². The molecule has 0 spiro atoms. The number of fused-ring (bicyclic) bond motifs is 5. The van der Waals surface area contributed by atoms with Crippen LogP contribution in [0.4, 0.5) is 0 Å². The van der Waals surface area contributed by atoms with Gasteiger partial charge in [0.2, 0.25) is 0 Å². The summed E-state index contributed by atoms with van der Waals surface area (Å²) in [4.78, 5) is 0. The summed E-state index contributed by atoms with van der Waals surface area (Å²) in [5, 5.41) is 2.44. The Kier molecular flexibility index (Phi) is 6.59. The minimum absolute atomic E-state index is 0.979. The molecule has 0 fully saturated rings. The van der Waals surface area contributed by atoms with Gasteiger partial charge in [0.15, 0.2) is 5.58 Å². The van der Waals surface area contributed by atoms with Crippen molar-refractivity contribution >= 4 is 42.7 Å². The van der Waals surface area contributed by atoms with E-state index < -0.39 is 0 Å². The van der Waals surface area contributed by atoms with Crippen molar-refractivity contribution in [1.82, 2.24) is 0 Å². The lowest BCUT2D eigenvalue weighted by Gasteiger charge is -2.06. The molecule has 0 amide bonds. The molecule has 0 radical (unpaired) electrons. The molecule has 1 nitrogen and oxygen atoms in total. The number of para-hydroxylation sites is 1. The van der Waals surface area contributed by atoms with Gasteiger partial charge in [-0.05, 0) is 53.8 Å². The highest BCUT2D eigenvalue weighted by molar-refractivity contribution is 7.26. The lowest BCUT2D eigenvalue weighted by molar-refractivity contribution is 0.575. The second-order valence-electron chi connectivity index (χ2n) is 8.99. The first-order valence-corrected chi connectivity index (χ1v) is 13.1. The van der Waals surface area contributed by atoms with Crippen LogP contribution in [0.1, 0.15) is 63.9 Å². The largest absolute Gasteiger partial charge is 0.454 e. The van der Waals surface area contributed by atoms with Crippen LogP contribution < -0.4 is 0 Å². The molecule has 32 heavy (non-hydrogen) atoms. The normalized spacial score (nSPS) is 11.8. The van der Waals surface area contributed by atoms with Crippen LogP contribution in [0.3, 0.4) is 0 Å². The summed E-state index contributed by atoms with van der Waals surface area (Å²) in [5.74, 6) is 0. The fourth-order valence-corrected chi connectivity index (χ4v) is 5.91. The van der Waals surface area contributed by atoms with Crippen LogP contribution in [-0.4, -0.2) is 0 Å². The number of thiophene rings is 1. The third-order valence-corrected chi connectivity index (χ3v) is 7.76. The highest BCUT2D eigenvalue weighted by Crippen LogP contribution is 2.41. The van der Waals surface area contributed by atoms with E-state index in [1.807, 2.05) is 17.4 Å². The number of benzene rings is 3. The Morgan fingerprint density at radius 2 is 1.41 bits per heavy atom. The summed E-state index contributed by atoms with van der Waals surface area (Å²) in [5.41, 5.74) is 6.04. The van der Waals surface area contributed by atoms with Crippen molar-refractivity contribution in [2.24, 2.45) is 0 Å². The second-order valence-corrected chi connectivity index (χ2v) is 10.0. The highest BCUT2D eigenvalue weighted by Gasteiger charge is 2.14. The Morgan fingerprint density at radius 3 is 2.22 bits per heavy atom. The number of rotatable bonds is 10. The van der Waals surface area contributed by atoms with Gasteiger partial charge in [-0.15, -0.1) is 11.3 Å². The minimum atomic E-state index is 0.979. The van der Waals surface area contributed by atoms with E-state index in [1.165, 1.54) is 94.7 Å². The number of hydrogen-bond acceptors (Lipinski definition) is 2. The third-order valence-electron chi connectivity index (χ3n) is 6.59. The molecule has 0 aliphatic heterocycles. The molecule has 0 aliphatic carbocycles.